The van der Waals surface area contributed by atoms with Crippen LogP contribution in [0.3, 0.4) is 0 Å². The Morgan fingerprint density at radius 3 is 2.19 bits per heavy atom. The van der Waals surface area contributed by atoms with Gasteiger partial charge in [-0.1, -0.05) is 44.5 Å². The molecular weight excluding hydrogens is 622 g/mol. The summed E-state index contributed by atoms with van der Waals surface area (Å²) in [4.78, 5) is 53.6. The van der Waals surface area contributed by atoms with E-state index >= 15 is 0 Å². The minimum absolute atomic E-state index is 0.138. The number of hydrogen-bond donors (Lipinski definition) is 4. The third-order valence-electron chi connectivity index (χ3n) is 8.78. The van der Waals surface area contributed by atoms with Crippen molar-refractivity contribution in [3.8, 4) is 5.75 Å². The second-order valence-electron chi connectivity index (χ2n) is 12.5. The summed E-state index contributed by atoms with van der Waals surface area (Å²) in [5.74, 6) is -1.56. The Morgan fingerprint density at radius 1 is 0.894 bits per heavy atom. The van der Waals surface area contributed by atoms with Crippen LogP contribution in [0.2, 0.25) is 0 Å². The van der Waals surface area contributed by atoms with Gasteiger partial charge in [0.1, 0.15) is 23.9 Å². The number of ether oxygens (including phenoxy) is 1. The molecule has 47 heavy (non-hydrogen) atoms. The van der Waals surface area contributed by atoms with Crippen LogP contribution in [0.1, 0.15) is 74.4 Å². The summed E-state index contributed by atoms with van der Waals surface area (Å²) in [5, 5.41) is 10.8. The van der Waals surface area contributed by atoms with Gasteiger partial charge in [-0.3, -0.25) is 19.2 Å². The number of hydrogen-bond acceptors (Lipinski definition) is 7. The van der Waals surface area contributed by atoms with Gasteiger partial charge in [0.15, 0.2) is 0 Å². The molecule has 2 heterocycles. The molecule has 256 valence electrons. The lowest BCUT2D eigenvalue weighted by Crippen LogP contribution is -2.58. The monoisotopic (exact) mass is 669 g/mol. The molecule has 1 aliphatic carbocycles. The van der Waals surface area contributed by atoms with E-state index in [2.05, 4.69) is 21.3 Å². The van der Waals surface area contributed by atoms with Gasteiger partial charge in [-0.05, 0) is 73.9 Å². The quantitative estimate of drug-likeness (QED) is 0.329. The largest absolute Gasteiger partial charge is 0.497 e. The van der Waals surface area contributed by atoms with Crippen LogP contribution < -0.4 is 26.0 Å². The fraction of sp³-hybridized carbons (Fsp3) is 0.529. The maximum Gasteiger partial charge on any atom is 0.251 e. The molecular formula is C34H47N5O7S. The van der Waals surface area contributed by atoms with Crippen molar-refractivity contribution < 1.29 is 32.3 Å². The molecule has 1 saturated carbocycles. The fourth-order valence-electron chi connectivity index (χ4n) is 5.39. The van der Waals surface area contributed by atoms with Crippen molar-refractivity contribution in [2.75, 3.05) is 20.2 Å². The summed E-state index contributed by atoms with van der Waals surface area (Å²) >= 11 is 0. The van der Waals surface area contributed by atoms with Crippen molar-refractivity contribution in [3.05, 3.63) is 65.2 Å². The van der Waals surface area contributed by atoms with Gasteiger partial charge in [0.2, 0.25) is 27.7 Å². The lowest BCUT2D eigenvalue weighted by atomic mass is 9.96. The lowest BCUT2D eigenvalue weighted by Gasteiger charge is -2.27. The predicted octanol–water partition coefficient (Wildman–Crippen LogP) is 2.28. The molecule has 1 unspecified atom stereocenters. The van der Waals surface area contributed by atoms with Gasteiger partial charge >= 0.3 is 0 Å². The minimum Gasteiger partial charge on any atom is -0.497 e. The van der Waals surface area contributed by atoms with Gasteiger partial charge in [-0.2, -0.15) is 4.31 Å². The van der Waals surface area contributed by atoms with Crippen molar-refractivity contribution >= 4 is 33.7 Å². The first-order valence-corrected chi connectivity index (χ1v) is 17.8. The van der Waals surface area contributed by atoms with Crippen LogP contribution in [0.5, 0.6) is 5.75 Å². The number of carbonyl (C=O) groups excluding carboxylic acids is 4. The molecule has 2 aromatic carbocycles. The molecule has 3 aliphatic rings. The first kappa shape index (κ1) is 35.9. The predicted molar refractivity (Wildman–Crippen MR) is 178 cm³/mol. The zero-order valence-corrected chi connectivity index (χ0v) is 28.4. The van der Waals surface area contributed by atoms with E-state index in [0.717, 1.165) is 11.1 Å². The Hall–Kier alpha value is -3.97. The van der Waals surface area contributed by atoms with E-state index in [0.29, 0.717) is 56.5 Å². The molecule has 0 saturated heterocycles. The minimum atomic E-state index is -3.48. The number of carbonyl (C=O) groups is 4. The normalized spacial score (nSPS) is 23.4. The van der Waals surface area contributed by atoms with Gasteiger partial charge in [0, 0.05) is 31.6 Å². The van der Waals surface area contributed by atoms with Gasteiger partial charge in [0.25, 0.3) is 5.91 Å². The molecule has 1 fully saturated rings. The first-order chi connectivity index (χ1) is 22.4. The summed E-state index contributed by atoms with van der Waals surface area (Å²) < 4.78 is 33.1. The van der Waals surface area contributed by atoms with Crippen molar-refractivity contribution in [2.24, 2.45) is 5.92 Å². The first-order valence-electron chi connectivity index (χ1n) is 16.3. The second-order valence-corrected chi connectivity index (χ2v) is 14.7. The highest BCUT2D eigenvalue weighted by Crippen LogP contribution is 2.32. The van der Waals surface area contributed by atoms with E-state index in [1.54, 1.807) is 62.6 Å². The molecule has 2 bridgehead atoms. The Morgan fingerprint density at radius 2 is 1.57 bits per heavy atom. The number of benzene rings is 2. The van der Waals surface area contributed by atoms with Crippen LogP contribution in [0, 0.1) is 5.92 Å². The third kappa shape index (κ3) is 9.77. The molecule has 13 heteroatoms. The third-order valence-corrected chi connectivity index (χ3v) is 11.1. The highest BCUT2D eigenvalue weighted by Gasteiger charge is 2.40. The van der Waals surface area contributed by atoms with E-state index in [-0.39, 0.29) is 24.1 Å². The molecule has 4 amide bonds. The zero-order chi connectivity index (χ0) is 34.1. The summed E-state index contributed by atoms with van der Waals surface area (Å²) in [6.45, 7) is 6.08. The molecule has 5 rings (SSSR count). The number of nitrogens with one attached hydrogen (secondary N) is 4. The molecule has 2 aromatic rings. The van der Waals surface area contributed by atoms with Crippen molar-refractivity contribution in [2.45, 2.75) is 89.2 Å². The highest BCUT2D eigenvalue weighted by molar-refractivity contribution is 7.90. The number of sulfonamides is 1. The Bertz CT molecular complexity index is 1510. The van der Waals surface area contributed by atoms with Crippen molar-refractivity contribution in [1.82, 2.24) is 25.6 Å². The number of nitrogens with zero attached hydrogens (tertiary/aromatic N) is 1. The topological polar surface area (TPSA) is 163 Å². The smallest absolute Gasteiger partial charge is 0.251 e. The maximum absolute atomic E-state index is 13.7. The van der Waals surface area contributed by atoms with E-state index in [9.17, 15) is 27.6 Å². The SMILES string of the molecule is CC[C@H](C)C1NC(=O)c2ccc(cc2)CN(S(=O)(=O)C2CC2)CCCCNC(=O)[C@@H](C)NC(=O)[C@H](Cc2ccc(OC)cc2)NC1=O. The van der Waals surface area contributed by atoms with Crippen LogP contribution in [-0.2, 0) is 37.4 Å². The highest BCUT2D eigenvalue weighted by atomic mass is 32.2. The Labute approximate surface area is 277 Å². The average molecular weight is 670 g/mol. The van der Waals surface area contributed by atoms with Gasteiger partial charge in [-0.15, -0.1) is 0 Å². The average Bonchev–Trinajstić information content (AvgIpc) is 3.92. The summed E-state index contributed by atoms with van der Waals surface area (Å²) in [6, 6.07) is 10.9. The van der Waals surface area contributed by atoms with E-state index in [1.807, 2.05) is 13.8 Å². The summed E-state index contributed by atoms with van der Waals surface area (Å²) in [5.41, 5.74) is 1.82. The summed E-state index contributed by atoms with van der Waals surface area (Å²) in [6.07, 6.45) is 3.07. The zero-order valence-electron chi connectivity index (χ0n) is 27.6. The van der Waals surface area contributed by atoms with Crippen LogP contribution in [-0.4, -0.2) is 79.9 Å². The molecule has 0 spiro atoms. The van der Waals surface area contributed by atoms with Crippen LogP contribution in [0.4, 0.5) is 0 Å². The van der Waals surface area contributed by atoms with Gasteiger partial charge in [0.05, 0.1) is 12.4 Å². The van der Waals surface area contributed by atoms with E-state index in [1.165, 1.54) is 4.31 Å². The lowest BCUT2D eigenvalue weighted by molar-refractivity contribution is -0.132. The van der Waals surface area contributed by atoms with Crippen LogP contribution in [0.25, 0.3) is 0 Å². The number of amides is 4. The number of methoxy groups -OCH3 is 1. The molecule has 2 aliphatic heterocycles. The molecule has 4 atom stereocenters. The number of fused-ring (bicyclic) bond motifs is 18. The summed E-state index contributed by atoms with van der Waals surface area (Å²) in [7, 11) is -1.92. The second kappa shape index (κ2) is 16.2. The number of rotatable bonds is 7. The van der Waals surface area contributed by atoms with Gasteiger partial charge < -0.3 is 26.0 Å². The van der Waals surface area contributed by atoms with E-state index < -0.39 is 51.8 Å². The molecule has 0 radical (unpaired) electrons. The molecule has 12 nitrogen and oxygen atoms in total. The maximum atomic E-state index is 13.7. The van der Waals surface area contributed by atoms with Crippen LogP contribution in [0.15, 0.2) is 48.5 Å². The Kier molecular flexibility index (Phi) is 12.4. The van der Waals surface area contributed by atoms with Crippen LogP contribution >= 0.6 is 0 Å². The standard InChI is InChI=1S/C34H47N5O7S/c1-5-22(2)30-34(43)37-29(20-24-10-14-27(46-4)15-11-24)33(42)36-23(3)31(40)35-18-6-7-19-39(47(44,45)28-16-17-28)21-25-8-12-26(13-9-25)32(41)38-30/h8-15,22-23,28-30H,5-7,16-21H2,1-4H3,(H,35,40)(H,36,42)(H,37,43)(H,38,41)/t22-,23+,29-,30?/m0/s1. The van der Waals surface area contributed by atoms with Gasteiger partial charge in [-0.25, -0.2) is 8.42 Å². The van der Waals surface area contributed by atoms with Crippen molar-refractivity contribution in [3.63, 3.8) is 0 Å². The van der Waals surface area contributed by atoms with Crippen molar-refractivity contribution in [1.29, 1.82) is 0 Å². The van der Waals surface area contributed by atoms with E-state index in [4.69, 9.17) is 4.74 Å². The molecule has 4 N–H and O–H groups in total. The molecule has 0 aromatic heterocycles. The fourth-order valence-corrected chi connectivity index (χ4v) is 7.26. The Balaban J connectivity index is 1.61.